The van der Waals surface area contributed by atoms with Crippen LogP contribution in [0.25, 0.3) is 44.5 Å². The number of benzene rings is 3. The van der Waals surface area contributed by atoms with Gasteiger partial charge in [0.1, 0.15) is 23.7 Å². The molecule has 10 rings (SSSR count). The second kappa shape index (κ2) is 18.5. The molecule has 4 N–H and O–H groups in total. The molecule has 0 radical (unpaired) electrons. The van der Waals surface area contributed by atoms with Gasteiger partial charge in [-0.1, -0.05) is 90.9 Å². The van der Waals surface area contributed by atoms with E-state index in [0.29, 0.717) is 30.8 Å². The summed E-state index contributed by atoms with van der Waals surface area (Å²) in [6.07, 6.45) is 5.73. The zero-order valence-corrected chi connectivity index (χ0v) is 40.3. The van der Waals surface area contributed by atoms with E-state index < -0.39 is 24.3 Å². The number of rotatable bonds is 11. The average Bonchev–Trinajstić information content (AvgIpc) is 4.14. The van der Waals surface area contributed by atoms with Gasteiger partial charge in [-0.3, -0.25) is 9.59 Å². The lowest BCUT2D eigenvalue weighted by Gasteiger charge is -2.45. The first-order valence-electron chi connectivity index (χ1n) is 24.3. The number of fused-ring (bicyclic) bond motifs is 3. The molecule has 2 saturated heterocycles. The molecular weight excluding hydrogens is 845 g/mol. The number of carbonyl (C=O) groups is 4. The lowest BCUT2D eigenvalue weighted by atomic mass is 9.59. The molecule has 3 aromatic carbocycles. The number of carbonyl (C=O) groups excluding carboxylic acids is 4. The number of hydrogen-bond acceptors (Lipinski definition) is 8. The number of likely N-dealkylation sites (tertiary alicyclic amines) is 2. The van der Waals surface area contributed by atoms with E-state index >= 15 is 0 Å². The Kier molecular flexibility index (Phi) is 12.7. The number of aromatic amines is 2. The highest BCUT2D eigenvalue weighted by Crippen LogP contribution is 2.57. The molecule has 354 valence electrons. The molecule has 2 bridgehead atoms. The first-order valence-corrected chi connectivity index (χ1v) is 24.3. The van der Waals surface area contributed by atoms with Crippen LogP contribution in [0, 0.1) is 29.6 Å². The highest BCUT2D eigenvalue weighted by Gasteiger charge is 2.43. The number of aromatic nitrogens is 4. The van der Waals surface area contributed by atoms with Gasteiger partial charge in [-0.25, -0.2) is 19.6 Å². The van der Waals surface area contributed by atoms with Crippen molar-refractivity contribution in [1.82, 2.24) is 40.4 Å². The molecule has 3 fully saturated rings. The Morgan fingerprint density at radius 1 is 0.672 bits per heavy atom. The molecule has 4 amide bonds. The fourth-order valence-corrected chi connectivity index (χ4v) is 11.8. The van der Waals surface area contributed by atoms with Gasteiger partial charge in [-0.2, -0.15) is 0 Å². The topological polar surface area (TPSA) is 175 Å². The van der Waals surface area contributed by atoms with Crippen molar-refractivity contribution in [3.05, 3.63) is 83.6 Å². The number of H-pyrrole nitrogens is 2. The van der Waals surface area contributed by atoms with E-state index in [1.54, 1.807) is 0 Å². The molecule has 5 aromatic rings. The monoisotopic (exact) mass is 911 g/mol. The van der Waals surface area contributed by atoms with Gasteiger partial charge in [0.2, 0.25) is 11.8 Å². The standard InChI is InChI=1S/C53H66N8O6/c1-27(2)46(58-52(64)66-8)50(62)60-25-29(5)20-42(60)48-54-24-41(57-48)33-12-10-32(11-13-33)37-17-18-38(44-35-14-16-36(45(37)44)31(7)22-35)34-15-19-39-40(23-34)56-49(55-39)43-21-30(6)26-61(43)51(63)47(28(3)4)59-53(65)67-9/h10-13,15,17-19,23-24,27-31,35-36,42-43,46-47H,14,16,20-22,25-26H2,1-9H3,(H,54,57)(H,55,56)(H,58,64)(H,59,65)/t29-,30-,31?,35?,36?,42-,43-,46-,47+/m0/s1. The second-order valence-corrected chi connectivity index (χ2v) is 20.6. The number of alkyl carbamates (subject to hydrolysis) is 2. The number of hydrogen-bond donors (Lipinski definition) is 4. The molecule has 5 aliphatic rings. The SMILES string of the molecule is COC(=O)N[C@H](C(=O)N1C[C@@H](C)C[C@H]1c1ncc(-c2ccc(-c3ccc(-c4ccc5nc([C@@H]6C[C@H](C)CN6C(=O)[C@H](NC(=O)OC)C(C)C)[nH]c5c4)c4c3C3CCC4CC3C)cc2)[nH]1)C(C)C. The second-order valence-electron chi connectivity index (χ2n) is 20.6. The molecule has 3 aliphatic carbocycles. The Hall–Kier alpha value is -6.18. The van der Waals surface area contributed by atoms with Crippen LogP contribution < -0.4 is 10.6 Å². The number of nitrogens with one attached hydrogen (secondary N) is 4. The van der Waals surface area contributed by atoms with Crippen LogP contribution in [-0.2, 0) is 19.1 Å². The quantitative estimate of drug-likeness (QED) is 0.101. The van der Waals surface area contributed by atoms with Gasteiger partial charge in [-0.15, -0.1) is 0 Å². The number of ether oxygens (including phenoxy) is 2. The van der Waals surface area contributed by atoms with Gasteiger partial charge in [0.15, 0.2) is 0 Å². The summed E-state index contributed by atoms with van der Waals surface area (Å²) in [5.41, 5.74) is 11.6. The van der Waals surface area contributed by atoms with Crippen molar-refractivity contribution in [2.24, 2.45) is 29.6 Å². The highest BCUT2D eigenvalue weighted by atomic mass is 16.5. The molecule has 14 nitrogen and oxygen atoms in total. The normalized spacial score (nSPS) is 24.3. The van der Waals surface area contributed by atoms with Crippen LogP contribution in [0.1, 0.15) is 127 Å². The van der Waals surface area contributed by atoms with Crippen molar-refractivity contribution in [3.8, 4) is 33.5 Å². The third-order valence-electron chi connectivity index (χ3n) is 15.1. The maximum Gasteiger partial charge on any atom is 0.407 e. The number of amides is 4. The van der Waals surface area contributed by atoms with Crippen LogP contribution in [0.4, 0.5) is 9.59 Å². The van der Waals surface area contributed by atoms with E-state index in [-0.39, 0.29) is 47.6 Å². The Morgan fingerprint density at radius 3 is 1.79 bits per heavy atom. The summed E-state index contributed by atoms with van der Waals surface area (Å²) in [6, 6.07) is 18.1. The molecule has 14 heteroatoms. The van der Waals surface area contributed by atoms with E-state index in [1.165, 1.54) is 61.3 Å². The number of methoxy groups -OCH3 is 2. The van der Waals surface area contributed by atoms with Crippen LogP contribution in [-0.4, -0.2) is 93.1 Å². The minimum Gasteiger partial charge on any atom is -0.453 e. The van der Waals surface area contributed by atoms with Gasteiger partial charge < -0.3 is 39.9 Å². The number of imidazole rings is 2. The van der Waals surface area contributed by atoms with Crippen LogP contribution in [0.15, 0.2) is 60.8 Å². The molecule has 1 saturated carbocycles. The Labute approximate surface area is 393 Å². The molecule has 2 aromatic heterocycles. The summed E-state index contributed by atoms with van der Waals surface area (Å²) in [5.74, 6) is 3.12. The van der Waals surface area contributed by atoms with Crippen LogP contribution in [0.5, 0.6) is 0 Å². The van der Waals surface area contributed by atoms with Gasteiger partial charge in [0.25, 0.3) is 0 Å². The summed E-state index contributed by atoms with van der Waals surface area (Å²) >= 11 is 0. The lowest BCUT2D eigenvalue weighted by molar-refractivity contribution is -0.136. The van der Waals surface area contributed by atoms with Crippen molar-refractivity contribution in [3.63, 3.8) is 0 Å². The Morgan fingerprint density at radius 2 is 1.22 bits per heavy atom. The summed E-state index contributed by atoms with van der Waals surface area (Å²) in [5, 5.41) is 5.51. The minimum absolute atomic E-state index is 0.114. The third kappa shape index (κ3) is 8.68. The van der Waals surface area contributed by atoms with Gasteiger partial charge >= 0.3 is 12.2 Å². The van der Waals surface area contributed by atoms with Crippen molar-refractivity contribution >= 4 is 35.0 Å². The molecular formula is C53H66N8O6. The van der Waals surface area contributed by atoms with Gasteiger partial charge in [0.05, 0.1) is 49.2 Å². The van der Waals surface area contributed by atoms with Crippen LogP contribution >= 0.6 is 0 Å². The smallest absolute Gasteiger partial charge is 0.407 e. The van der Waals surface area contributed by atoms with Crippen molar-refractivity contribution < 1.29 is 28.7 Å². The summed E-state index contributed by atoms with van der Waals surface area (Å²) < 4.78 is 9.68. The maximum atomic E-state index is 14.0. The van der Waals surface area contributed by atoms with E-state index in [0.717, 1.165) is 52.3 Å². The molecule has 67 heavy (non-hydrogen) atoms. The summed E-state index contributed by atoms with van der Waals surface area (Å²) in [4.78, 5) is 73.0. The van der Waals surface area contributed by atoms with E-state index in [9.17, 15) is 19.2 Å². The predicted molar refractivity (Wildman–Crippen MR) is 258 cm³/mol. The molecule has 3 unspecified atom stereocenters. The van der Waals surface area contributed by atoms with Gasteiger partial charge in [0, 0.05) is 13.1 Å². The fourth-order valence-electron chi connectivity index (χ4n) is 11.8. The van der Waals surface area contributed by atoms with Crippen molar-refractivity contribution in [1.29, 1.82) is 0 Å². The van der Waals surface area contributed by atoms with E-state index in [4.69, 9.17) is 19.4 Å². The minimum atomic E-state index is -0.702. The molecule has 4 heterocycles. The third-order valence-corrected chi connectivity index (χ3v) is 15.1. The predicted octanol–water partition coefficient (Wildman–Crippen LogP) is 9.87. The average molecular weight is 911 g/mol. The van der Waals surface area contributed by atoms with E-state index in [2.05, 4.69) is 96.0 Å². The zero-order chi connectivity index (χ0) is 47.4. The first kappa shape index (κ1) is 46.0. The van der Waals surface area contributed by atoms with Crippen LogP contribution in [0.3, 0.4) is 0 Å². The zero-order valence-electron chi connectivity index (χ0n) is 40.3. The Balaban J connectivity index is 0.986. The fraction of sp³-hybridized carbons (Fsp3) is 0.509. The van der Waals surface area contributed by atoms with Gasteiger partial charge in [-0.05, 0) is 125 Å². The summed E-state index contributed by atoms with van der Waals surface area (Å²) in [7, 11) is 2.62. The largest absolute Gasteiger partial charge is 0.453 e. The summed E-state index contributed by atoms with van der Waals surface area (Å²) in [6.45, 7) is 15.6. The van der Waals surface area contributed by atoms with Crippen molar-refractivity contribution in [2.45, 2.75) is 117 Å². The molecule has 9 atom stereocenters. The first-order chi connectivity index (χ1) is 32.1. The lowest BCUT2D eigenvalue weighted by Crippen LogP contribution is -2.51. The molecule has 0 spiro atoms. The molecule has 2 aliphatic heterocycles. The highest BCUT2D eigenvalue weighted by molar-refractivity contribution is 5.89. The van der Waals surface area contributed by atoms with E-state index in [1.807, 2.05) is 43.7 Å². The van der Waals surface area contributed by atoms with Crippen LogP contribution in [0.2, 0.25) is 0 Å². The number of nitrogens with zero attached hydrogens (tertiary/aromatic N) is 4. The van der Waals surface area contributed by atoms with Crippen molar-refractivity contribution in [2.75, 3.05) is 27.3 Å². The maximum absolute atomic E-state index is 14.0. The Bertz CT molecular complexity index is 2670.